The second-order valence-electron chi connectivity index (χ2n) is 3.42. The van der Waals surface area contributed by atoms with Gasteiger partial charge in [-0.25, -0.2) is 0 Å². The smallest absolute Gasteiger partial charge is 0.356 e. The van der Waals surface area contributed by atoms with Gasteiger partial charge in [-0.05, 0) is 20.3 Å². The average Bonchev–Trinajstić information content (AvgIpc) is 2.62. The predicted octanol–water partition coefficient (Wildman–Crippen LogP) is 3.16. The third-order valence-corrected chi connectivity index (χ3v) is 4.18. The lowest BCUT2D eigenvalue weighted by Crippen LogP contribution is -2.12. The molecule has 0 unspecified atom stereocenters. The molecule has 0 N–H and O–H groups in total. The van der Waals surface area contributed by atoms with Crippen molar-refractivity contribution in [3.63, 3.8) is 0 Å². The highest BCUT2D eigenvalue weighted by molar-refractivity contribution is 7.53. The number of hydrogen-bond donors (Lipinski definition) is 0. The highest BCUT2D eigenvalue weighted by Gasteiger charge is 2.27. The summed E-state index contributed by atoms with van der Waals surface area (Å²) < 4.78 is 27.7. The number of hydrogen-bond acceptors (Lipinski definition) is 4. The molecule has 94 valence electrons. The number of halogens is 1. The van der Waals surface area contributed by atoms with Gasteiger partial charge in [-0.1, -0.05) is 12.2 Å². The summed E-state index contributed by atoms with van der Waals surface area (Å²) in [7, 11) is -3.09. The summed E-state index contributed by atoms with van der Waals surface area (Å²) in [6.45, 7) is 4.24. The molecule has 0 aromatic rings. The van der Waals surface area contributed by atoms with E-state index in [1.54, 1.807) is 13.8 Å². The summed E-state index contributed by atoms with van der Waals surface area (Å²) >= 11 is 5.88. The summed E-state index contributed by atoms with van der Waals surface area (Å²) in [6.07, 6.45) is 4.35. The van der Waals surface area contributed by atoms with Crippen LogP contribution in [0.5, 0.6) is 0 Å². The highest BCUT2D eigenvalue weighted by atomic mass is 35.5. The predicted molar refractivity (Wildman–Crippen MR) is 64.0 cm³/mol. The molecule has 0 saturated carbocycles. The normalized spacial score (nSPS) is 25.2. The van der Waals surface area contributed by atoms with Crippen LogP contribution in [-0.2, 0) is 18.3 Å². The SMILES string of the molecule is CCOP(=O)(CO[C@H]1C=C[C@@H](Cl)C1)OCC. The molecule has 0 heterocycles. The number of allylic oxidation sites excluding steroid dienone is 1. The Morgan fingerprint density at radius 3 is 2.38 bits per heavy atom. The Morgan fingerprint density at radius 1 is 1.31 bits per heavy atom. The Kier molecular flexibility index (Phi) is 6.01. The molecule has 0 bridgehead atoms. The van der Waals surface area contributed by atoms with Crippen LogP contribution in [0.3, 0.4) is 0 Å². The van der Waals surface area contributed by atoms with Crippen LogP contribution in [0.1, 0.15) is 20.3 Å². The van der Waals surface area contributed by atoms with Crippen LogP contribution >= 0.6 is 19.2 Å². The lowest BCUT2D eigenvalue weighted by atomic mass is 10.3. The molecule has 0 aromatic carbocycles. The van der Waals surface area contributed by atoms with E-state index < -0.39 is 7.60 Å². The van der Waals surface area contributed by atoms with Crippen LogP contribution in [0.15, 0.2) is 12.2 Å². The summed E-state index contributed by atoms with van der Waals surface area (Å²) in [5, 5.41) is 0.00331. The van der Waals surface area contributed by atoms with E-state index >= 15 is 0 Å². The second kappa shape index (κ2) is 6.77. The Bertz CT molecular complexity index is 272. The lowest BCUT2D eigenvalue weighted by molar-refractivity contribution is 0.0947. The van der Waals surface area contributed by atoms with Gasteiger partial charge in [-0.15, -0.1) is 11.6 Å². The third-order valence-electron chi connectivity index (χ3n) is 2.09. The van der Waals surface area contributed by atoms with Crippen molar-refractivity contribution in [3.8, 4) is 0 Å². The standard InChI is InChI=1S/C10H18ClO4P/c1-3-14-16(12,15-4-2)8-13-10-6-5-9(11)7-10/h5-6,9-10H,3-4,7-8H2,1-2H3/t9-,10+/m1/s1. The van der Waals surface area contributed by atoms with Gasteiger partial charge in [0, 0.05) is 0 Å². The zero-order valence-electron chi connectivity index (χ0n) is 9.60. The maximum atomic E-state index is 12.0. The summed E-state index contributed by atoms with van der Waals surface area (Å²) in [5.74, 6) is 0. The average molecular weight is 269 g/mol. The summed E-state index contributed by atoms with van der Waals surface area (Å²) in [4.78, 5) is 0. The topological polar surface area (TPSA) is 44.8 Å². The largest absolute Gasteiger partial charge is 0.361 e. The van der Waals surface area contributed by atoms with E-state index in [-0.39, 0.29) is 17.8 Å². The van der Waals surface area contributed by atoms with Gasteiger partial charge in [-0.2, -0.15) is 0 Å². The first-order valence-electron chi connectivity index (χ1n) is 5.41. The van der Waals surface area contributed by atoms with Crippen molar-refractivity contribution in [2.24, 2.45) is 0 Å². The molecule has 0 amide bonds. The van der Waals surface area contributed by atoms with Gasteiger partial charge in [-0.3, -0.25) is 4.57 Å². The zero-order valence-corrected chi connectivity index (χ0v) is 11.2. The van der Waals surface area contributed by atoms with Crippen molar-refractivity contribution in [1.29, 1.82) is 0 Å². The maximum absolute atomic E-state index is 12.0. The number of rotatable bonds is 7. The molecule has 0 radical (unpaired) electrons. The van der Waals surface area contributed by atoms with E-state index in [4.69, 9.17) is 25.4 Å². The molecular weight excluding hydrogens is 251 g/mol. The van der Waals surface area contributed by atoms with Crippen LogP contribution in [-0.4, -0.2) is 31.0 Å². The van der Waals surface area contributed by atoms with Crippen LogP contribution in [0.25, 0.3) is 0 Å². The summed E-state index contributed by atoms with van der Waals surface area (Å²) in [6, 6.07) is 0. The van der Waals surface area contributed by atoms with Crippen molar-refractivity contribution >= 4 is 19.2 Å². The van der Waals surface area contributed by atoms with E-state index in [2.05, 4.69) is 0 Å². The van der Waals surface area contributed by atoms with Gasteiger partial charge in [0.2, 0.25) is 0 Å². The first kappa shape index (κ1) is 14.2. The van der Waals surface area contributed by atoms with E-state index in [0.717, 1.165) is 0 Å². The van der Waals surface area contributed by atoms with Gasteiger partial charge in [0.25, 0.3) is 0 Å². The van der Waals surface area contributed by atoms with Crippen molar-refractivity contribution in [2.75, 3.05) is 19.6 Å². The Hall–Kier alpha value is 0.140. The highest BCUT2D eigenvalue weighted by Crippen LogP contribution is 2.48. The van der Waals surface area contributed by atoms with E-state index in [0.29, 0.717) is 19.6 Å². The van der Waals surface area contributed by atoms with Crippen molar-refractivity contribution < 1.29 is 18.3 Å². The van der Waals surface area contributed by atoms with E-state index in [1.165, 1.54) is 0 Å². The molecular formula is C10H18ClO4P. The molecule has 0 aliphatic heterocycles. The van der Waals surface area contributed by atoms with Crippen LogP contribution in [0.4, 0.5) is 0 Å². The number of ether oxygens (including phenoxy) is 1. The molecule has 0 spiro atoms. The van der Waals surface area contributed by atoms with Gasteiger partial charge in [0.05, 0.1) is 24.7 Å². The van der Waals surface area contributed by atoms with Gasteiger partial charge in [0.1, 0.15) is 6.35 Å². The van der Waals surface area contributed by atoms with Gasteiger partial charge in [0.15, 0.2) is 0 Å². The minimum absolute atomic E-state index is 0.00331. The second-order valence-corrected chi connectivity index (χ2v) is 5.97. The van der Waals surface area contributed by atoms with Crippen LogP contribution < -0.4 is 0 Å². The molecule has 0 aromatic heterocycles. The maximum Gasteiger partial charge on any atom is 0.356 e. The summed E-state index contributed by atoms with van der Waals surface area (Å²) in [5.41, 5.74) is 0. The molecule has 1 aliphatic carbocycles. The first-order valence-corrected chi connectivity index (χ1v) is 7.58. The molecule has 6 heteroatoms. The fourth-order valence-electron chi connectivity index (χ4n) is 1.44. The molecule has 0 saturated heterocycles. The Balaban J connectivity index is 2.38. The monoisotopic (exact) mass is 268 g/mol. The minimum atomic E-state index is -3.09. The van der Waals surface area contributed by atoms with E-state index in [9.17, 15) is 4.57 Å². The first-order chi connectivity index (χ1) is 7.59. The molecule has 4 nitrogen and oxygen atoms in total. The number of alkyl halides is 1. The fraction of sp³-hybridized carbons (Fsp3) is 0.800. The molecule has 1 aliphatic rings. The quantitative estimate of drug-likeness (QED) is 0.404. The lowest BCUT2D eigenvalue weighted by Gasteiger charge is -2.19. The Morgan fingerprint density at radius 2 is 1.94 bits per heavy atom. The molecule has 16 heavy (non-hydrogen) atoms. The molecule has 0 fully saturated rings. The van der Waals surface area contributed by atoms with Crippen molar-refractivity contribution in [2.45, 2.75) is 31.7 Å². The zero-order chi connectivity index (χ0) is 12.0. The minimum Gasteiger partial charge on any atom is -0.361 e. The van der Waals surface area contributed by atoms with Crippen LogP contribution in [0, 0.1) is 0 Å². The third kappa shape index (κ3) is 4.56. The van der Waals surface area contributed by atoms with Gasteiger partial charge < -0.3 is 13.8 Å². The molecule has 1 rings (SSSR count). The van der Waals surface area contributed by atoms with E-state index in [1.807, 2.05) is 12.2 Å². The van der Waals surface area contributed by atoms with Crippen molar-refractivity contribution in [1.82, 2.24) is 0 Å². The van der Waals surface area contributed by atoms with Crippen molar-refractivity contribution in [3.05, 3.63) is 12.2 Å². The fourth-order valence-corrected chi connectivity index (χ4v) is 3.08. The van der Waals surface area contributed by atoms with Gasteiger partial charge >= 0.3 is 7.60 Å². The Labute approximate surface area is 101 Å². The molecule has 2 atom stereocenters. The van der Waals surface area contributed by atoms with Crippen LogP contribution in [0.2, 0.25) is 0 Å².